The van der Waals surface area contributed by atoms with E-state index in [1.165, 1.54) is 5.56 Å². The lowest BCUT2D eigenvalue weighted by atomic mass is 10.2. The average molecular weight is 386 g/mol. The molecule has 26 heavy (non-hydrogen) atoms. The van der Waals surface area contributed by atoms with Gasteiger partial charge in [-0.1, -0.05) is 59.6 Å². The van der Waals surface area contributed by atoms with E-state index in [1.54, 1.807) is 42.5 Å². The lowest BCUT2D eigenvalue weighted by molar-refractivity contribution is 0.102. The zero-order valence-electron chi connectivity index (χ0n) is 13.9. The lowest BCUT2D eigenvalue weighted by Gasteiger charge is -2.10. The van der Waals surface area contributed by atoms with Crippen molar-refractivity contribution >= 4 is 34.8 Å². The number of anilines is 1. The number of carbonyl (C=O) groups excluding carboxylic acids is 1. The molecule has 0 aromatic heterocycles. The Labute approximate surface area is 162 Å². The van der Waals surface area contributed by atoms with Gasteiger partial charge in [0.05, 0.1) is 22.3 Å². The molecule has 132 valence electrons. The molecule has 3 rings (SSSR count). The molecule has 1 amide bonds. The number of para-hydroxylation sites is 1. The van der Waals surface area contributed by atoms with E-state index in [0.717, 1.165) is 6.42 Å². The molecule has 5 heteroatoms. The zero-order valence-corrected chi connectivity index (χ0v) is 15.4. The molecule has 0 fully saturated rings. The smallest absolute Gasteiger partial charge is 0.255 e. The van der Waals surface area contributed by atoms with Gasteiger partial charge in [-0.15, -0.1) is 0 Å². The van der Waals surface area contributed by atoms with Crippen molar-refractivity contribution in [3.8, 4) is 5.75 Å². The Balaban J connectivity index is 1.57. The van der Waals surface area contributed by atoms with Gasteiger partial charge in [-0.3, -0.25) is 4.79 Å². The molecule has 3 nitrogen and oxygen atoms in total. The maximum atomic E-state index is 12.4. The van der Waals surface area contributed by atoms with Gasteiger partial charge in [0.1, 0.15) is 5.75 Å². The van der Waals surface area contributed by atoms with Gasteiger partial charge in [-0.05, 0) is 42.0 Å². The first kappa shape index (κ1) is 18.3. The zero-order chi connectivity index (χ0) is 18.4. The normalized spacial score (nSPS) is 10.4. The molecule has 0 spiro atoms. The first-order chi connectivity index (χ1) is 12.6. The molecule has 0 radical (unpaired) electrons. The summed E-state index contributed by atoms with van der Waals surface area (Å²) in [5.74, 6) is 0.434. The third kappa shape index (κ3) is 4.78. The van der Waals surface area contributed by atoms with Crippen molar-refractivity contribution in [1.29, 1.82) is 0 Å². The largest absolute Gasteiger partial charge is 0.493 e. The summed E-state index contributed by atoms with van der Waals surface area (Å²) in [6.07, 6.45) is 0.827. The number of hydrogen-bond acceptors (Lipinski definition) is 2. The van der Waals surface area contributed by atoms with E-state index in [-0.39, 0.29) is 5.91 Å². The van der Waals surface area contributed by atoms with Gasteiger partial charge in [-0.25, -0.2) is 0 Å². The highest BCUT2D eigenvalue weighted by Crippen LogP contribution is 2.30. The summed E-state index contributed by atoms with van der Waals surface area (Å²) >= 11 is 12.1. The van der Waals surface area contributed by atoms with Crippen LogP contribution in [0.15, 0.2) is 72.8 Å². The molecule has 0 aliphatic rings. The number of rotatable bonds is 6. The van der Waals surface area contributed by atoms with E-state index in [9.17, 15) is 4.79 Å². The minimum absolute atomic E-state index is 0.282. The van der Waals surface area contributed by atoms with E-state index in [1.807, 2.05) is 18.2 Å². The second-order valence-corrected chi connectivity index (χ2v) is 6.47. The number of halogens is 2. The predicted molar refractivity (Wildman–Crippen MR) is 106 cm³/mol. The van der Waals surface area contributed by atoms with Crippen molar-refractivity contribution in [3.63, 3.8) is 0 Å². The van der Waals surface area contributed by atoms with Crippen LogP contribution in [0.2, 0.25) is 10.0 Å². The highest BCUT2D eigenvalue weighted by molar-refractivity contribution is 6.40. The first-order valence-corrected chi connectivity index (χ1v) is 8.91. The van der Waals surface area contributed by atoms with Gasteiger partial charge in [0.25, 0.3) is 5.91 Å². The molecule has 0 atom stereocenters. The summed E-state index contributed by atoms with van der Waals surface area (Å²) in [6, 6.07) is 22.2. The number of benzene rings is 3. The SMILES string of the molecule is O=C(Nc1c(Cl)cccc1Cl)c1ccc(OCCc2ccccc2)cc1. The summed E-state index contributed by atoms with van der Waals surface area (Å²) in [6.45, 7) is 0.574. The fraction of sp³-hybridized carbons (Fsp3) is 0.0952. The summed E-state index contributed by atoms with van der Waals surface area (Å²) in [7, 11) is 0. The summed E-state index contributed by atoms with van der Waals surface area (Å²) < 4.78 is 5.73. The molecule has 0 aliphatic heterocycles. The van der Waals surface area contributed by atoms with Crippen LogP contribution in [0.25, 0.3) is 0 Å². The van der Waals surface area contributed by atoms with E-state index in [0.29, 0.717) is 33.7 Å². The fourth-order valence-corrected chi connectivity index (χ4v) is 2.93. The molecule has 0 bridgehead atoms. The predicted octanol–water partition coefficient (Wildman–Crippen LogP) is 5.87. The molecular weight excluding hydrogens is 369 g/mol. The molecular formula is C21H17Cl2NO2. The number of amides is 1. The van der Waals surface area contributed by atoms with Gasteiger partial charge in [0.2, 0.25) is 0 Å². The number of hydrogen-bond donors (Lipinski definition) is 1. The molecule has 0 aliphatic carbocycles. The Hall–Kier alpha value is -2.49. The Morgan fingerprint density at radius 2 is 1.50 bits per heavy atom. The Bertz CT molecular complexity index is 860. The third-order valence-electron chi connectivity index (χ3n) is 3.82. The van der Waals surface area contributed by atoms with Crippen molar-refractivity contribution in [2.24, 2.45) is 0 Å². The lowest BCUT2D eigenvalue weighted by Crippen LogP contribution is -2.12. The average Bonchev–Trinajstić information content (AvgIpc) is 2.66. The Morgan fingerprint density at radius 1 is 0.846 bits per heavy atom. The molecule has 3 aromatic carbocycles. The second kappa shape index (κ2) is 8.75. The maximum absolute atomic E-state index is 12.4. The maximum Gasteiger partial charge on any atom is 0.255 e. The van der Waals surface area contributed by atoms with Gasteiger partial charge in [-0.2, -0.15) is 0 Å². The van der Waals surface area contributed by atoms with Crippen LogP contribution in [0.3, 0.4) is 0 Å². The highest BCUT2D eigenvalue weighted by atomic mass is 35.5. The van der Waals surface area contributed by atoms with Crippen molar-refractivity contribution in [2.45, 2.75) is 6.42 Å². The van der Waals surface area contributed by atoms with Crippen LogP contribution in [0.5, 0.6) is 5.75 Å². The Kier molecular flexibility index (Phi) is 6.16. The number of carbonyl (C=O) groups is 1. The van der Waals surface area contributed by atoms with Crippen molar-refractivity contribution in [2.75, 3.05) is 11.9 Å². The van der Waals surface area contributed by atoms with Crippen LogP contribution in [0.1, 0.15) is 15.9 Å². The van der Waals surface area contributed by atoms with E-state index in [4.69, 9.17) is 27.9 Å². The number of ether oxygens (including phenoxy) is 1. The summed E-state index contributed by atoms with van der Waals surface area (Å²) in [5, 5.41) is 3.53. The van der Waals surface area contributed by atoms with Crippen LogP contribution < -0.4 is 10.1 Å². The summed E-state index contributed by atoms with van der Waals surface area (Å²) in [5.41, 5.74) is 2.13. The molecule has 0 saturated heterocycles. The molecule has 0 saturated carbocycles. The van der Waals surface area contributed by atoms with E-state index < -0.39 is 0 Å². The molecule has 1 N–H and O–H groups in total. The Morgan fingerprint density at radius 3 is 2.15 bits per heavy atom. The van der Waals surface area contributed by atoms with Crippen molar-refractivity contribution in [1.82, 2.24) is 0 Å². The van der Waals surface area contributed by atoms with Gasteiger partial charge in [0, 0.05) is 12.0 Å². The second-order valence-electron chi connectivity index (χ2n) is 5.66. The van der Waals surface area contributed by atoms with Crippen molar-refractivity contribution in [3.05, 3.63) is 94.0 Å². The molecule has 0 heterocycles. The van der Waals surface area contributed by atoms with Crippen LogP contribution in [0, 0.1) is 0 Å². The van der Waals surface area contributed by atoms with Crippen LogP contribution in [0.4, 0.5) is 5.69 Å². The fourth-order valence-electron chi connectivity index (χ4n) is 2.44. The number of nitrogens with one attached hydrogen (secondary N) is 1. The molecule has 3 aromatic rings. The summed E-state index contributed by atoms with van der Waals surface area (Å²) in [4.78, 5) is 12.4. The van der Waals surface area contributed by atoms with Crippen LogP contribution >= 0.6 is 23.2 Å². The highest BCUT2D eigenvalue weighted by Gasteiger charge is 2.11. The van der Waals surface area contributed by atoms with E-state index >= 15 is 0 Å². The van der Waals surface area contributed by atoms with Crippen LogP contribution in [-0.4, -0.2) is 12.5 Å². The van der Waals surface area contributed by atoms with Crippen molar-refractivity contribution < 1.29 is 9.53 Å². The standard InChI is InChI=1S/C21H17Cl2NO2/c22-18-7-4-8-19(23)20(18)24-21(25)16-9-11-17(12-10-16)26-14-13-15-5-2-1-3-6-15/h1-12H,13-14H2,(H,24,25). The third-order valence-corrected chi connectivity index (χ3v) is 4.45. The van der Waals surface area contributed by atoms with Crippen LogP contribution in [-0.2, 0) is 6.42 Å². The minimum atomic E-state index is -0.282. The van der Waals surface area contributed by atoms with Gasteiger partial charge in [0.15, 0.2) is 0 Å². The minimum Gasteiger partial charge on any atom is -0.493 e. The van der Waals surface area contributed by atoms with E-state index in [2.05, 4.69) is 17.4 Å². The quantitative estimate of drug-likeness (QED) is 0.576. The monoisotopic (exact) mass is 385 g/mol. The van der Waals surface area contributed by atoms with Gasteiger partial charge >= 0.3 is 0 Å². The first-order valence-electron chi connectivity index (χ1n) is 8.15. The molecule has 0 unspecified atom stereocenters. The topological polar surface area (TPSA) is 38.3 Å². The van der Waals surface area contributed by atoms with Gasteiger partial charge < -0.3 is 10.1 Å².